The maximum absolute atomic E-state index is 12.7. The highest BCUT2D eigenvalue weighted by Gasteiger charge is 2.54. The summed E-state index contributed by atoms with van der Waals surface area (Å²) in [6, 6.07) is -0.532. The van der Waals surface area contributed by atoms with E-state index in [9.17, 15) is 9.59 Å². The molecule has 4 saturated carbocycles. The largest absolute Gasteiger partial charge is 0.464 e. The third kappa shape index (κ3) is 2.33. The molecule has 4 heteroatoms. The van der Waals surface area contributed by atoms with Crippen molar-refractivity contribution in [3.05, 3.63) is 0 Å². The fourth-order valence-electron chi connectivity index (χ4n) is 5.06. The second-order valence-corrected chi connectivity index (χ2v) is 7.15. The number of hydrogen-bond acceptors (Lipinski definition) is 3. The van der Waals surface area contributed by atoms with Gasteiger partial charge in [0.25, 0.3) is 0 Å². The minimum atomic E-state index is -0.532. The van der Waals surface area contributed by atoms with E-state index in [2.05, 4.69) is 5.32 Å². The van der Waals surface area contributed by atoms with E-state index in [1.807, 2.05) is 0 Å². The minimum absolute atomic E-state index is 0.0946. The van der Waals surface area contributed by atoms with E-state index in [0.717, 1.165) is 37.0 Å². The normalized spacial score (nSPS) is 39.4. The average Bonchev–Trinajstić information content (AvgIpc) is 2.37. The van der Waals surface area contributed by atoms with Gasteiger partial charge < -0.3 is 10.1 Å². The van der Waals surface area contributed by atoms with Crippen molar-refractivity contribution in [3.63, 3.8) is 0 Å². The van der Waals surface area contributed by atoms with Crippen LogP contribution in [0, 0.1) is 23.2 Å². The smallest absolute Gasteiger partial charge is 0.328 e. The minimum Gasteiger partial charge on any atom is -0.464 e. The lowest BCUT2D eigenvalue weighted by atomic mass is 9.49. The molecule has 0 unspecified atom stereocenters. The van der Waals surface area contributed by atoms with Gasteiger partial charge in [0.1, 0.15) is 6.04 Å². The van der Waals surface area contributed by atoms with Crippen molar-refractivity contribution >= 4 is 11.9 Å². The number of hydrogen-bond donors (Lipinski definition) is 1. The highest BCUT2D eigenvalue weighted by atomic mass is 16.5. The van der Waals surface area contributed by atoms with Gasteiger partial charge in [-0.15, -0.1) is 0 Å². The van der Waals surface area contributed by atoms with Crippen LogP contribution in [0.15, 0.2) is 0 Å². The first-order valence-corrected chi connectivity index (χ1v) is 8.00. The molecule has 4 bridgehead atoms. The van der Waals surface area contributed by atoms with Crippen LogP contribution in [0.3, 0.4) is 0 Å². The van der Waals surface area contributed by atoms with Crippen molar-refractivity contribution in [1.29, 1.82) is 0 Å². The van der Waals surface area contributed by atoms with Gasteiger partial charge >= 0.3 is 5.97 Å². The number of rotatable bonds is 4. The van der Waals surface area contributed by atoms with E-state index in [-0.39, 0.29) is 17.3 Å². The molecule has 0 spiro atoms. The molecule has 1 amide bonds. The molecule has 4 aliphatic rings. The molecule has 0 aliphatic heterocycles. The maximum atomic E-state index is 12.7. The molecule has 4 fully saturated rings. The van der Waals surface area contributed by atoms with E-state index in [4.69, 9.17) is 4.74 Å². The monoisotopic (exact) mass is 279 g/mol. The van der Waals surface area contributed by atoms with E-state index < -0.39 is 6.04 Å². The van der Waals surface area contributed by atoms with Crippen molar-refractivity contribution < 1.29 is 14.3 Å². The number of amides is 1. The standard InChI is InChI=1S/C16H25NO3/c1-3-20-14(18)10(2)17-15(19)16-7-11-4-12(8-16)6-13(5-11)9-16/h10-13H,3-9H2,1-2H3,(H,17,19)/t10-,11?,12?,13?,16?/m1/s1. The van der Waals surface area contributed by atoms with Gasteiger partial charge in [-0.05, 0) is 70.1 Å². The Kier molecular flexibility index (Phi) is 3.51. The van der Waals surface area contributed by atoms with Crippen molar-refractivity contribution in [3.8, 4) is 0 Å². The van der Waals surface area contributed by atoms with E-state index in [1.54, 1.807) is 13.8 Å². The lowest BCUT2D eigenvalue weighted by Gasteiger charge is -2.55. The zero-order valence-electron chi connectivity index (χ0n) is 12.5. The Morgan fingerprint density at radius 1 is 1.15 bits per heavy atom. The van der Waals surface area contributed by atoms with Crippen LogP contribution in [0.5, 0.6) is 0 Å². The van der Waals surface area contributed by atoms with Gasteiger partial charge in [-0.2, -0.15) is 0 Å². The third-order valence-corrected chi connectivity index (χ3v) is 5.51. The Labute approximate surface area is 120 Å². The Morgan fingerprint density at radius 3 is 2.10 bits per heavy atom. The summed E-state index contributed by atoms with van der Waals surface area (Å²) in [7, 11) is 0. The molecular weight excluding hydrogens is 254 g/mol. The first kappa shape index (κ1) is 13.9. The average molecular weight is 279 g/mol. The number of nitrogens with one attached hydrogen (secondary N) is 1. The van der Waals surface area contributed by atoms with Crippen LogP contribution in [0.25, 0.3) is 0 Å². The van der Waals surface area contributed by atoms with Gasteiger partial charge in [0.05, 0.1) is 6.61 Å². The lowest BCUT2D eigenvalue weighted by molar-refractivity contribution is -0.153. The van der Waals surface area contributed by atoms with Gasteiger partial charge in [-0.3, -0.25) is 4.79 Å². The number of ether oxygens (including phenoxy) is 1. The van der Waals surface area contributed by atoms with E-state index >= 15 is 0 Å². The SMILES string of the molecule is CCOC(=O)[C@@H](C)NC(=O)C12CC3CC(CC(C3)C1)C2. The molecular formula is C16H25NO3. The summed E-state index contributed by atoms with van der Waals surface area (Å²) in [6.07, 6.45) is 7.04. The molecule has 4 nitrogen and oxygen atoms in total. The second-order valence-electron chi connectivity index (χ2n) is 7.15. The molecule has 1 N–H and O–H groups in total. The molecule has 0 aromatic rings. The molecule has 20 heavy (non-hydrogen) atoms. The van der Waals surface area contributed by atoms with E-state index in [1.165, 1.54) is 19.3 Å². The van der Waals surface area contributed by atoms with Crippen LogP contribution in [0.1, 0.15) is 52.4 Å². The van der Waals surface area contributed by atoms with Crippen LogP contribution in [-0.2, 0) is 14.3 Å². The van der Waals surface area contributed by atoms with Gasteiger partial charge in [0.2, 0.25) is 5.91 Å². The van der Waals surface area contributed by atoms with Crippen LogP contribution in [-0.4, -0.2) is 24.5 Å². The summed E-state index contributed by atoms with van der Waals surface area (Å²) >= 11 is 0. The first-order chi connectivity index (χ1) is 9.52. The van der Waals surface area contributed by atoms with Crippen molar-refractivity contribution in [2.24, 2.45) is 23.2 Å². The highest BCUT2D eigenvalue weighted by Crippen LogP contribution is 2.60. The molecule has 0 aromatic heterocycles. The summed E-state index contributed by atoms with van der Waals surface area (Å²) in [6.45, 7) is 3.86. The Bertz CT molecular complexity index is 383. The molecule has 4 rings (SSSR count). The molecule has 112 valence electrons. The van der Waals surface area contributed by atoms with Crippen molar-refractivity contribution in [2.75, 3.05) is 6.61 Å². The van der Waals surface area contributed by atoms with Gasteiger partial charge in [-0.25, -0.2) is 4.79 Å². The van der Waals surface area contributed by atoms with Crippen LogP contribution in [0.2, 0.25) is 0 Å². The Hall–Kier alpha value is -1.06. The van der Waals surface area contributed by atoms with Crippen molar-refractivity contribution in [1.82, 2.24) is 5.32 Å². The number of carbonyl (C=O) groups is 2. The zero-order valence-corrected chi connectivity index (χ0v) is 12.5. The fraction of sp³-hybridized carbons (Fsp3) is 0.875. The molecule has 1 atom stereocenters. The molecule has 0 radical (unpaired) electrons. The molecule has 0 aromatic carbocycles. The summed E-state index contributed by atoms with van der Waals surface area (Å²) in [5.41, 5.74) is -0.185. The summed E-state index contributed by atoms with van der Waals surface area (Å²) in [5.74, 6) is 1.99. The number of carbonyl (C=O) groups excluding carboxylic acids is 2. The predicted octanol–water partition coefficient (Wildman–Crippen LogP) is 2.27. The highest BCUT2D eigenvalue weighted by molar-refractivity contribution is 5.88. The Balaban J connectivity index is 1.66. The summed E-state index contributed by atoms with van der Waals surface area (Å²) < 4.78 is 4.97. The summed E-state index contributed by atoms with van der Waals surface area (Å²) in [5, 5.41) is 2.91. The topological polar surface area (TPSA) is 55.4 Å². The van der Waals surface area contributed by atoms with Crippen LogP contribution in [0.4, 0.5) is 0 Å². The van der Waals surface area contributed by atoms with Gasteiger partial charge in [0, 0.05) is 5.41 Å². The van der Waals surface area contributed by atoms with E-state index in [0.29, 0.717) is 6.61 Å². The lowest BCUT2D eigenvalue weighted by Crippen LogP contribution is -2.55. The van der Waals surface area contributed by atoms with Crippen LogP contribution >= 0.6 is 0 Å². The predicted molar refractivity (Wildman–Crippen MR) is 74.8 cm³/mol. The molecule has 0 saturated heterocycles. The van der Waals surface area contributed by atoms with Crippen LogP contribution < -0.4 is 5.32 Å². The van der Waals surface area contributed by atoms with Crippen molar-refractivity contribution in [2.45, 2.75) is 58.4 Å². The molecule has 4 aliphatic carbocycles. The fourth-order valence-corrected chi connectivity index (χ4v) is 5.06. The number of esters is 1. The molecule has 0 heterocycles. The van der Waals surface area contributed by atoms with Gasteiger partial charge in [-0.1, -0.05) is 0 Å². The third-order valence-electron chi connectivity index (χ3n) is 5.51. The summed E-state index contributed by atoms with van der Waals surface area (Å²) in [4.78, 5) is 24.4. The van der Waals surface area contributed by atoms with Gasteiger partial charge in [0.15, 0.2) is 0 Å². The zero-order chi connectivity index (χ0) is 14.3. The quantitative estimate of drug-likeness (QED) is 0.803. The maximum Gasteiger partial charge on any atom is 0.328 e. The Morgan fingerprint density at radius 2 is 1.65 bits per heavy atom. The second kappa shape index (κ2) is 5.05. The first-order valence-electron chi connectivity index (χ1n) is 8.00.